The van der Waals surface area contributed by atoms with Crippen LogP contribution in [0.4, 0.5) is 10.1 Å². The average molecular weight is 416 g/mol. The SMILES string of the molecule is Cc1[nH]c2ccc(F)cc2c1CC(=O)NNc1ccc(S(=O)(=O)NC2CC2)cc1. The number of aromatic nitrogens is 1. The van der Waals surface area contributed by atoms with Gasteiger partial charge in [0.05, 0.1) is 17.0 Å². The predicted molar refractivity (Wildman–Crippen MR) is 108 cm³/mol. The third-order valence-electron chi connectivity index (χ3n) is 4.83. The van der Waals surface area contributed by atoms with E-state index in [9.17, 15) is 17.6 Å². The molecule has 3 aromatic rings. The second-order valence-corrected chi connectivity index (χ2v) is 8.90. The van der Waals surface area contributed by atoms with E-state index < -0.39 is 10.0 Å². The van der Waals surface area contributed by atoms with Crippen LogP contribution in [-0.4, -0.2) is 25.4 Å². The number of nitrogens with one attached hydrogen (secondary N) is 4. The van der Waals surface area contributed by atoms with Gasteiger partial charge in [-0.2, -0.15) is 0 Å². The average Bonchev–Trinajstić information content (AvgIpc) is 3.44. The molecule has 7 nitrogen and oxygen atoms in total. The molecule has 0 radical (unpaired) electrons. The molecule has 1 aliphatic rings. The highest BCUT2D eigenvalue weighted by atomic mass is 32.2. The summed E-state index contributed by atoms with van der Waals surface area (Å²) in [7, 11) is -3.51. The van der Waals surface area contributed by atoms with E-state index in [1.807, 2.05) is 6.92 Å². The Hall–Kier alpha value is -2.91. The molecule has 9 heteroatoms. The number of sulfonamides is 1. The van der Waals surface area contributed by atoms with Crippen molar-refractivity contribution in [2.24, 2.45) is 0 Å². The van der Waals surface area contributed by atoms with Crippen LogP contribution in [0.5, 0.6) is 0 Å². The molecule has 0 spiro atoms. The summed E-state index contributed by atoms with van der Waals surface area (Å²) in [6.45, 7) is 1.84. The standard InChI is InChI=1S/C20H21FN4O3S/c1-12-17(18-10-13(21)2-9-19(18)22-12)11-20(26)24-23-14-5-7-16(8-6-14)29(27,28)25-15-3-4-15/h2,5-10,15,22-23,25H,3-4,11H2,1H3,(H,24,26). The Labute approximate surface area is 167 Å². The minimum atomic E-state index is -3.51. The van der Waals surface area contributed by atoms with Crippen molar-refractivity contribution in [3.63, 3.8) is 0 Å². The summed E-state index contributed by atoms with van der Waals surface area (Å²) in [4.78, 5) is 15.7. The summed E-state index contributed by atoms with van der Waals surface area (Å²) >= 11 is 0. The zero-order chi connectivity index (χ0) is 20.6. The third kappa shape index (κ3) is 4.41. The first-order chi connectivity index (χ1) is 13.8. The molecule has 0 saturated heterocycles. The van der Waals surface area contributed by atoms with E-state index in [2.05, 4.69) is 20.6 Å². The fraction of sp³-hybridized carbons (Fsp3) is 0.250. The van der Waals surface area contributed by atoms with Crippen molar-refractivity contribution in [3.8, 4) is 0 Å². The van der Waals surface area contributed by atoms with Crippen LogP contribution >= 0.6 is 0 Å². The molecule has 1 saturated carbocycles. The van der Waals surface area contributed by atoms with Crippen LogP contribution in [0, 0.1) is 12.7 Å². The number of aromatic amines is 1. The van der Waals surface area contributed by atoms with Crippen LogP contribution in [0.15, 0.2) is 47.4 Å². The summed E-state index contributed by atoms with van der Waals surface area (Å²) in [5.41, 5.74) is 8.20. The van der Waals surface area contributed by atoms with Gasteiger partial charge in [-0.05, 0) is 67.8 Å². The molecular formula is C20H21FN4O3S. The van der Waals surface area contributed by atoms with Gasteiger partial charge in [0.1, 0.15) is 5.82 Å². The molecule has 0 bridgehead atoms. The van der Waals surface area contributed by atoms with Crippen molar-refractivity contribution in [1.29, 1.82) is 0 Å². The lowest BCUT2D eigenvalue weighted by atomic mass is 10.1. The van der Waals surface area contributed by atoms with Gasteiger partial charge in [-0.25, -0.2) is 17.5 Å². The normalized spacial score (nSPS) is 14.1. The Morgan fingerprint density at radius 3 is 2.59 bits per heavy atom. The number of carbonyl (C=O) groups excluding carboxylic acids is 1. The first-order valence-electron chi connectivity index (χ1n) is 9.26. The summed E-state index contributed by atoms with van der Waals surface area (Å²) < 4.78 is 40.5. The maximum Gasteiger partial charge on any atom is 0.242 e. The summed E-state index contributed by atoms with van der Waals surface area (Å²) in [5.74, 6) is -0.659. The summed E-state index contributed by atoms with van der Waals surface area (Å²) in [6, 6.07) is 10.6. The van der Waals surface area contributed by atoms with Crippen LogP contribution in [0.25, 0.3) is 10.9 Å². The number of halogens is 1. The molecule has 0 unspecified atom stereocenters. The van der Waals surface area contributed by atoms with Crippen LogP contribution in [-0.2, 0) is 21.2 Å². The van der Waals surface area contributed by atoms with Gasteiger partial charge in [0.25, 0.3) is 0 Å². The van der Waals surface area contributed by atoms with Gasteiger partial charge >= 0.3 is 0 Å². The number of aryl methyl sites for hydroxylation is 1. The van der Waals surface area contributed by atoms with Crippen LogP contribution in [0.2, 0.25) is 0 Å². The number of amides is 1. The van der Waals surface area contributed by atoms with Crippen molar-refractivity contribution in [2.45, 2.75) is 37.1 Å². The van der Waals surface area contributed by atoms with Gasteiger partial charge in [-0.3, -0.25) is 15.6 Å². The molecule has 1 aromatic heterocycles. The molecule has 1 amide bonds. The van der Waals surface area contributed by atoms with Gasteiger partial charge in [0, 0.05) is 22.6 Å². The van der Waals surface area contributed by atoms with Gasteiger partial charge < -0.3 is 4.98 Å². The number of anilines is 1. The fourth-order valence-corrected chi connectivity index (χ4v) is 4.44. The number of hydrogen-bond acceptors (Lipinski definition) is 4. The Morgan fingerprint density at radius 2 is 1.90 bits per heavy atom. The second kappa shape index (κ2) is 7.49. The van der Waals surface area contributed by atoms with E-state index in [1.165, 1.54) is 24.3 Å². The number of fused-ring (bicyclic) bond motifs is 1. The van der Waals surface area contributed by atoms with Gasteiger partial charge in [-0.1, -0.05) is 0 Å². The van der Waals surface area contributed by atoms with E-state index in [4.69, 9.17) is 0 Å². The number of hydrazine groups is 1. The van der Waals surface area contributed by atoms with E-state index >= 15 is 0 Å². The lowest BCUT2D eigenvalue weighted by Gasteiger charge is -2.10. The third-order valence-corrected chi connectivity index (χ3v) is 6.37. The highest BCUT2D eigenvalue weighted by Crippen LogP contribution is 2.24. The zero-order valence-corrected chi connectivity index (χ0v) is 16.6. The Morgan fingerprint density at radius 1 is 1.17 bits per heavy atom. The topological polar surface area (TPSA) is 103 Å². The van der Waals surface area contributed by atoms with Gasteiger partial charge in [0.2, 0.25) is 15.9 Å². The molecule has 1 heterocycles. The number of hydrogen-bond donors (Lipinski definition) is 4. The van der Waals surface area contributed by atoms with Gasteiger partial charge in [-0.15, -0.1) is 0 Å². The summed E-state index contributed by atoms with van der Waals surface area (Å²) in [6.07, 6.45) is 1.81. The molecule has 1 fully saturated rings. The number of benzene rings is 2. The molecule has 4 rings (SSSR count). The van der Waals surface area contributed by atoms with Gasteiger partial charge in [0.15, 0.2) is 0 Å². The Balaban J connectivity index is 1.39. The van der Waals surface area contributed by atoms with E-state index in [0.717, 1.165) is 29.6 Å². The number of H-pyrrole nitrogens is 1. The van der Waals surface area contributed by atoms with Crippen molar-refractivity contribution in [3.05, 3.63) is 59.5 Å². The minimum Gasteiger partial charge on any atom is -0.358 e. The molecule has 2 aromatic carbocycles. The monoisotopic (exact) mass is 416 g/mol. The smallest absolute Gasteiger partial charge is 0.242 e. The van der Waals surface area contributed by atoms with Crippen molar-refractivity contribution >= 4 is 32.5 Å². The zero-order valence-electron chi connectivity index (χ0n) is 15.8. The highest BCUT2D eigenvalue weighted by Gasteiger charge is 2.27. The second-order valence-electron chi connectivity index (χ2n) is 7.19. The fourth-order valence-electron chi connectivity index (χ4n) is 3.14. The molecule has 29 heavy (non-hydrogen) atoms. The number of rotatable bonds is 7. The van der Waals surface area contributed by atoms with E-state index in [-0.39, 0.29) is 29.1 Å². The van der Waals surface area contributed by atoms with Crippen molar-refractivity contribution in [2.75, 3.05) is 5.43 Å². The molecule has 0 atom stereocenters. The molecule has 1 aliphatic carbocycles. The quantitative estimate of drug-likeness (QED) is 0.445. The summed E-state index contributed by atoms with van der Waals surface area (Å²) in [5, 5.41) is 0.676. The maximum atomic E-state index is 13.5. The molecule has 4 N–H and O–H groups in total. The van der Waals surface area contributed by atoms with Crippen LogP contribution < -0.4 is 15.6 Å². The first kappa shape index (κ1) is 19.4. The van der Waals surface area contributed by atoms with Crippen LogP contribution in [0.3, 0.4) is 0 Å². The Kier molecular flexibility index (Phi) is 5.01. The largest absolute Gasteiger partial charge is 0.358 e. The lowest BCUT2D eigenvalue weighted by Crippen LogP contribution is -2.31. The van der Waals surface area contributed by atoms with Crippen molar-refractivity contribution in [1.82, 2.24) is 15.1 Å². The van der Waals surface area contributed by atoms with E-state index in [0.29, 0.717) is 11.1 Å². The molecular weight excluding hydrogens is 395 g/mol. The number of carbonyl (C=O) groups is 1. The minimum absolute atomic E-state index is 0.0403. The predicted octanol–water partition coefficient (Wildman–Crippen LogP) is 2.74. The van der Waals surface area contributed by atoms with Crippen molar-refractivity contribution < 1.29 is 17.6 Å². The Bertz CT molecular complexity index is 1170. The molecule has 0 aliphatic heterocycles. The highest BCUT2D eigenvalue weighted by molar-refractivity contribution is 7.89. The molecule has 152 valence electrons. The van der Waals surface area contributed by atoms with E-state index in [1.54, 1.807) is 18.2 Å². The maximum absolute atomic E-state index is 13.5. The lowest BCUT2D eigenvalue weighted by molar-refractivity contribution is -0.119. The first-order valence-corrected chi connectivity index (χ1v) is 10.7. The van der Waals surface area contributed by atoms with Crippen LogP contribution in [0.1, 0.15) is 24.1 Å².